The van der Waals surface area contributed by atoms with Crippen molar-refractivity contribution in [3.63, 3.8) is 0 Å². The largest absolute Gasteiger partial charge is 0.484 e. The average Bonchev–Trinajstić information content (AvgIpc) is 3.46. The molecule has 2 aromatic carbocycles. The molecule has 1 saturated heterocycles. The zero-order valence-electron chi connectivity index (χ0n) is 20.6. The van der Waals surface area contributed by atoms with E-state index in [1.54, 1.807) is 39.0 Å². The Labute approximate surface area is 214 Å². The Hall–Kier alpha value is -4.14. The highest BCUT2D eigenvalue weighted by Gasteiger charge is 2.34. The summed E-state index contributed by atoms with van der Waals surface area (Å²) in [6.45, 7) is 3.84. The lowest BCUT2D eigenvalue weighted by Crippen LogP contribution is -2.51. The summed E-state index contributed by atoms with van der Waals surface area (Å²) in [6.07, 6.45) is 2.10. The summed E-state index contributed by atoms with van der Waals surface area (Å²) in [7, 11) is 0. The van der Waals surface area contributed by atoms with Crippen LogP contribution in [0.3, 0.4) is 0 Å². The fourth-order valence-electron chi connectivity index (χ4n) is 4.96. The van der Waals surface area contributed by atoms with Gasteiger partial charge in [-0.1, -0.05) is 18.2 Å². The first kappa shape index (κ1) is 24.5. The SMILES string of the molecule is CC(=O)N1CCN(C(=O)COc2ccc3c(c2)C(c2ccc(F)cc2)N(C(=O)c2ccco2)CC3)CC1. The van der Waals surface area contributed by atoms with Crippen LogP contribution in [0.5, 0.6) is 5.75 Å². The highest BCUT2D eigenvalue weighted by Crippen LogP contribution is 2.38. The van der Waals surface area contributed by atoms with E-state index in [2.05, 4.69) is 0 Å². The molecule has 1 fully saturated rings. The van der Waals surface area contributed by atoms with Crippen molar-refractivity contribution in [3.05, 3.63) is 89.1 Å². The second kappa shape index (κ2) is 10.5. The van der Waals surface area contributed by atoms with Crippen molar-refractivity contribution in [1.82, 2.24) is 14.7 Å². The molecule has 2 aliphatic rings. The van der Waals surface area contributed by atoms with Gasteiger partial charge < -0.3 is 23.9 Å². The average molecular weight is 506 g/mol. The molecule has 9 heteroatoms. The molecule has 0 saturated carbocycles. The van der Waals surface area contributed by atoms with Gasteiger partial charge in [0.1, 0.15) is 11.6 Å². The van der Waals surface area contributed by atoms with Gasteiger partial charge in [0, 0.05) is 39.6 Å². The topological polar surface area (TPSA) is 83.3 Å². The maximum atomic E-state index is 13.7. The number of ether oxygens (including phenoxy) is 1. The van der Waals surface area contributed by atoms with Gasteiger partial charge in [0.2, 0.25) is 5.91 Å². The fraction of sp³-hybridized carbons (Fsp3) is 0.321. The Morgan fingerprint density at radius 3 is 2.38 bits per heavy atom. The molecule has 1 atom stereocenters. The van der Waals surface area contributed by atoms with Crippen molar-refractivity contribution in [2.75, 3.05) is 39.3 Å². The number of carbonyl (C=O) groups excluding carboxylic acids is 3. The summed E-state index contributed by atoms with van der Waals surface area (Å²) in [4.78, 5) is 42.7. The molecule has 37 heavy (non-hydrogen) atoms. The third-order valence-electron chi connectivity index (χ3n) is 6.96. The number of halogens is 1. The fourth-order valence-corrected chi connectivity index (χ4v) is 4.96. The summed E-state index contributed by atoms with van der Waals surface area (Å²) in [5.41, 5.74) is 2.67. The molecule has 192 valence electrons. The van der Waals surface area contributed by atoms with Gasteiger partial charge in [-0.25, -0.2) is 4.39 Å². The zero-order chi connectivity index (χ0) is 25.9. The van der Waals surface area contributed by atoms with Crippen LogP contribution in [-0.2, 0) is 16.0 Å². The van der Waals surface area contributed by atoms with Gasteiger partial charge in [0.05, 0.1) is 12.3 Å². The zero-order valence-corrected chi connectivity index (χ0v) is 20.6. The molecule has 0 aliphatic carbocycles. The molecule has 0 spiro atoms. The van der Waals surface area contributed by atoms with Gasteiger partial charge in [-0.2, -0.15) is 0 Å². The van der Waals surface area contributed by atoms with Crippen molar-refractivity contribution >= 4 is 17.7 Å². The number of fused-ring (bicyclic) bond motifs is 1. The number of piperazine rings is 1. The van der Waals surface area contributed by atoms with Crippen LogP contribution in [-0.4, -0.2) is 71.8 Å². The lowest BCUT2D eigenvalue weighted by Gasteiger charge is -2.37. The Balaban J connectivity index is 1.36. The van der Waals surface area contributed by atoms with Crippen LogP contribution >= 0.6 is 0 Å². The van der Waals surface area contributed by atoms with Crippen molar-refractivity contribution in [2.45, 2.75) is 19.4 Å². The molecule has 0 bridgehead atoms. The van der Waals surface area contributed by atoms with E-state index in [0.717, 1.165) is 16.7 Å². The van der Waals surface area contributed by atoms with Crippen LogP contribution < -0.4 is 4.74 Å². The van der Waals surface area contributed by atoms with E-state index in [-0.39, 0.29) is 35.9 Å². The summed E-state index contributed by atoms with van der Waals surface area (Å²) >= 11 is 0. The molecule has 3 amide bonds. The lowest BCUT2D eigenvalue weighted by molar-refractivity contribution is -0.139. The number of nitrogens with zero attached hydrogens (tertiary/aromatic N) is 3. The minimum Gasteiger partial charge on any atom is -0.484 e. The third kappa shape index (κ3) is 5.21. The number of benzene rings is 2. The van der Waals surface area contributed by atoms with Crippen LogP contribution in [0.1, 0.15) is 40.2 Å². The smallest absolute Gasteiger partial charge is 0.290 e. The van der Waals surface area contributed by atoms with Crippen LogP contribution in [0.2, 0.25) is 0 Å². The summed E-state index contributed by atoms with van der Waals surface area (Å²) in [5.74, 6) is -0.00904. The molecular weight excluding hydrogens is 477 g/mol. The van der Waals surface area contributed by atoms with Crippen molar-refractivity contribution in [2.24, 2.45) is 0 Å². The predicted molar refractivity (Wildman–Crippen MR) is 132 cm³/mol. The highest BCUT2D eigenvalue weighted by molar-refractivity contribution is 5.92. The maximum Gasteiger partial charge on any atom is 0.290 e. The Bertz CT molecular complexity index is 1280. The standard InChI is InChI=1S/C28H28FN3O5/c1-19(33)30-12-14-31(15-13-30)26(34)18-37-23-9-6-20-10-11-32(28(35)25-3-2-16-36-25)27(24(20)17-23)21-4-7-22(29)8-5-21/h2-9,16-17,27H,10-15,18H2,1H3. The number of rotatable bonds is 5. The normalized spacial score (nSPS) is 17.4. The van der Waals surface area contributed by atoms with Crippen molar-refractivity contribution < 1.29 is 27.9 Å². The van der Waals surface area contributed by atoms with Crippen LogP contribution in [0.15, 0.2) is 65.3 Å². The number of hydrogen-bond donors (Lipinski definition) is 0. The van der Waals surface area contributed by atoms with Gasteiger partial charge in [-0.15, -0.1) is 0 Å². The molecule has 3 heterocycles. The monoisotopic (exact) mass is 505 g/mol. The Kier molecular flexibility index (Phi) is 6.94. The van der Waals surface area contributed by atoms with Crippen molar-refractivity contribution in [3.8, 4) is 5.75 Å². The lowest BCUT2D eigenvalue weighted by atomic mass is 9.87. The second-order valence-corrected chi connectivity index (χ2v) is 9.22. The molecule has 0 radical (unpaired) electrons. The highest BCUT2D eigenvalue weighted by atomic mass is 19.1. The summed E-state index contributed by atoms with van der Waals surface area (Å²) < 4.78 is 25.0. The number of hydrogen-bond acceptors (Lipinski definition) is 5. The van der Waals surface area contributed by atoms with Gasteiger partial charge in [-0.05, 0) is 59.5 Å². The van der Waals surface area contributed by atoms with Crippen LogP contribution in [0, 0.1) is 5.82 Å². The number of amides is 3. The van der Waals surface area contributed by atoms with E-state index >= 15 is 0 Å². The minimum absolute atomic E-state index is 0.00712. The molecule has 5 rings (SSSR count). The Morgan fingerprint density at radius 2 is 1.70 bits per heavy atom. The number of carbonyl (C=O) groups is 3. The first-order valence-electron chi connectivity index (χ1n) is 12.3. The van der Waals surface area contributed by atoms with Gasteiger partial charge >= 0.3 is 0 Å². The molecular formula is C28H28FN3O5. The van der Waals surface area contributed by atoms with Crippen LogP contribution in [0.25, 0.3) is 0 Å². The summed E-state index contributed by atoms with van der Waals surface area (Å²) in [5, 5.41) is 0. The molecule has 0 N–H and O–H groups in total. The van der Waals surface area contributed by atoms with Gasteiger partial charge in [0.25, 0.3) is 11.8 Å². The second-order valence-electron chi connectivity index (χ2n) is 9.22. The molecule has 1 unspecified atom stereocenters. The number of furan rings is 1. The van der Waals surface area contributed by atoms with Gasteiger partial charge in [0.15, 0.2) is 12.4 Å². The Morgan fingerprint density at radius 1 is 0.973 bits per heavy atom. The quantitative estimate of drug-likeness (QED) is 0.532. The molecule has 8 nitrogen and oxygen atoms in total. The van der Waals surface area contributed by atoms with E-state index < -0.39 is 6.04 Å². The van der Waals surface area contributed by atoms with E-state index in [4.69, 9.17) is 9.15 Å². The van der Waals surface area contributed by atoms with Gasteiger partial charge in [-0.3, -0.25) is 14.4 Å². The first-order valence-corrected chi connectivity index (χ1v) is 12.3. The van der Waals surface area contributed by atoms with E-state index in [1.807, 2.05) is 18.2 Å². The summed E-state index contributed by atoms with van der Waals surface area (Å²) in [6, 6.07) is 14.6. The molecule has 3 aromatic rings. The third-order valence-corrected chi connectivity index (χ3v) is 6.96. The van der Waals surface area contributed by atoms with Crippen molar-refractivity contribution in [1.29, 1.82) is 0 Å². The van der Waals surface area contributed by atoms with E-state index in [0.29, 0.717) is 44.9 Å². The van der Waals surface area contributed by atoms with Crippen LogP contribution in [0.4, 0.5) is 4.39 Å². The van der Waals surface area contributed by atoms with E-state index in [9.17, 15) is 18.8 Å². The minimum atomic E-state index is -0.471. The maximum absolute atomic E-state index is 13.7. The molecule has 2 aliphatic heterocycles. The first-order chi connectivity index (χ1) is 17.9. The predicted octanol–water partition coefficient (Wildman–Crippen LogP) is 3.28. The van der Waals surface area contributed by atoms with E-state index in [1.165, 1.54) is 25.3 Å². The molecule has 1 aromatic heterocycles.